The first-order valence-electron chi connectivity index (χ1n) is 12.4. The molecule has 4 rings (SSSR count). The topological polar surface area (TPSA) is 149 Å². The number of nitrogens with one attached hydrogen (secondary N) is 3. The summed E-state index contributed by atoms with van der Waals surface area (Å²) in [6, 6.07) is 21.0. The monoisotopic (exact) mass is 533 g/mol. The minimum atomic E-state index is -1.07. The zero-order valence-electron chi connectivity index (χ0n) is 20.8. The van der Waals surface area contributed by atoms with Crippen molar-refractivity contribution in [2.24, 2.45) is 5.73 Å². The normalized spacial score (nSPS) is 15.8. The van der Waals surface area contributed by atoms with Crippen LogP contribution < -0.4 is 16.4 Å². The molecule has 1 aromatic heterocycles. The van der Waals surface area contributed by atoms with Crippen LogP contribution in [-0.4, -0.2) is 58.8 Å². The molecule has 1 fully saturated rings. The number of hydrogen-bond donors (Lipinski definition) is 5. The van der Waals surface area contributed by atoms with Crippen LogP contribution in [0.4, 0.5) is 0 Å². The number of thiophene rings is 1. The van der Waals surface area contributed by atoms with Crippen LogP contribution in [0.2, 0.25) is 0 Å². The van der Waals surface area contributed by atoms with Crippen molar-refractivity contribution in [2.45, 2.75) is 37.4 Å². The van der Waals surface area contributed by atoms with Gasteiger partial charge in [-0.2, -0.15) is 0 Å². The summed E-state index contributed by atoms with van der Waals surface area (Å²) in [5.41, 5.74) is 7.27. The molecule has 38 heavy (non-hydrogen) atoms. The van der Waals surface area contributed by atoms with Crippen LogP contribution in [0.5, 0.6) is 0 Å². The fraction of sp³-hybridized carbons (Fsp3) is 0.286. The Bertz CT molecular complexity index is 1240. The Kier molecular flexibility index (Phi) is 8.88. The smallest absolute Gasteiger partial charge is 0.317 e. The van der Waals surface area contributed by atoms with E-state index in [2.05, 4.69) is 10.6 Å². The number of likely N-dealkylation sites (tertiary alicyclic amines) is 1. The summed E-state index contributed by atoms with van der Waals surface area (Å²) in [5.74, 6) is -2.12. The Labute approximate surface area is 225 Å². The lowest BCUT2D eigenvalue weighted by Crippen LogP contribution is -2.55. The molecule has 198 valence electrons. The molecule has 0 aliphatic carbocycles. The van der Waals surface area contributed by atoms with Gasteiger partial charge in [0.25, 0.3) is 0 Å². The number of rotatable bonds is 11. The van der Waals surface area contributed by atoms with E-state index < -0.39 is 30.5 Å². The maximum atomic E-state index is 14.1. The second-order valence-electron chi connectivity index (χ2n) is 9.14. The number of benzene rings is 2. The van der Waals surface area contributed by atoms with Crippen molar-refractivity contribution in [3.05, 3.63) is 93.7 Å². The van der Waals surface area contributed by atoms with Gasteiger partial charge >= 0.3 is 5.97 Å². The van der Waals surface area contributed by atoms with Crippen molar-refractivity contribution in [1.82, 2.24) is 15.5 Å². The Morgan fingerprint density at radius 1 is 1.03 bits per heavy atom. The molecule has 6 N–H and O–H groups in total. The second kappa shape index (κ2) is 12.5. The third kappa shape index (κ3) is 6.45. The van der Waals surface area contributed by atoms with Gasteiger partial charge in [-0.25, -0.2) is 0 Å². The quantitative estimate of drug-likeness (QED) is 0.189. The molecule has 1 saturated heterocycles. The largest absolute Gasteiger partial charge is 0.480 e. The van der Waals surface area contributed by atoms with Crippen LogP contribution in [0.15, 0.2) is 72.8 Å². The zero-order chi connectivity index (χ0) is 27.1. The van der Waals surface area contributed by atoms with E-state index in [-0.39, 0.29) is 24.2 Å². The molecule has 2 amide bonds. The number of aliphatic carboxylic acids is 1. The minimum absolute atomic E-state index is 0.0218. The molecule has 0 radical (unpaired) electrons. The molecule has 0 bridgehead atoms. The van der Waals surface area contributed by atoms with Crippen LogP contribution in [0, 0.1) is 5.41 Å². The van der Waals surface area contributed by atoms with Crippen LogP contribution in [-0.2, 0) is 20.9 Å². The number of carbonyl (C=O) groups excluding carboxylic acids is 2. The molecular formula is C28H31N5O4S. The average Bonchev–Trinajstić information content (AvgIpc) is 3.61. The summed E-state index contributed by atoms with van der Waals surface area (Å²) in [6.07, 6.45) is 1.19. The summed E-state index contributed by atoms with van der Waals surface area (Å²) in [6.45, 7) is 0.284. The highest BCUT2D eigenvalue weighted by Gasteiger charge is 2.40. The van der Waals surface area contributed by atoms with Gasteiger partial charge in [0.1, 0.15) is 11.9 Å². The third-order valence-electron chi connectivity index (χ3n) is 6.59. The van der Waals surface area contributed by atoms with E-state index in [1.165, 1.54) is 11.3 Å². The van der Waals surface area contributed by atoms with Crippen LogP contribution in [0.1, 0.15) is 39.6 Å². The van der Waals surface area contributed by atoms with E-state index in [4.69, 9.17) is 11.1 Å². The first-order chi connectivity index (χ1) is 18.3. The highest BCUT2D eigenvalue weighted by atomic mass is 32.1. The van der Waals surface area contributed by atoms with Gasteiger partial charge < -0.3 is 21.1 Å². The zero-order valence-corrected chi connectivity index (χ0v) is 21.6. The van der Waals surface area contributed by atoms with Crippen molar-refractivity contribution >= 4 is 35.0 Å². The van der Waals surface area contributed by atoms with Gasteiger partial charge in [-0.1, -0.05) is 60.7 Å². The SMILES string of the molecule is N=C(N)c1ccc(CNC(=O)C2CCCN2C(=O)C(NCC(=O)O)C(c2ccccc2)c2ccccc2)s1. The molecule has 9 nitrogen and oxygen atoms in total. The van der Waals surface area contributed by atoms with Gasteiger partial charge in [0.05, 0.1) is 24.0 Å². The Balaban J connectivity index is 1.58. The van der Waals surface area contributed by atoms with E-state index in [1.54, 1.807) is 11.0 Å². The Morgan fingerprint density at radius 2 is 1.66 bits per heavy atom. The number of nitrogens with zero attached hydrogens (tertiary/aromatic N) is 1. The van der Waals surface area contributed by atoms with Crippen molar-refractivity contribution < 1.29 is 19.5 Å². The Morgan fingerprint density at radius 3 is 2.21 bits per heavy atom. The van der Waals surface area contributed by atoms with Gasteiger partial charge in [-0.05, 0) is 36.1 Å². The van der Waals surface area contributed by atoms with Gasteiger partial charge in [-0.15, -0.1) is 11.3 Å². The standard InChI is InChI=1S/C28H31N5O4S/c29-26(30)22-14-13-20(38-22)16-32-27(36)21-12-7-15-33(21)28(37)25(31-17-23(34)35)24(18-8-3-1-4-9-18)19-10-5-2-6-11-19/h1-6,8-11,13-14,21,24-25,31H,7,12,15-17H2,(H3,29,30)(H,32,36)(H,34,35). The second-order valence-corrected chi connectivity index (χ2v) is 10.3. The van der Waals surface area contributed by atoms with E-state index >= 15 is 0 Å². The lowest BCUT2D eigenvalue weighted by Gasteiger charge is -2.33. The number of carboxylic acids is 1. The number of nitrogens with two attached hydrogens (primary N) is 1. The number of amides is 2. The Hall–Kier alpha value is -4.02. The minimum Gasteiger partial charge on any atom is -0.480 e. The van der Waals surface area contributed by atoms with Crippen LogP contribution in [0.3, 0.4) is 0 Å². The number of nitrogen functional groups attached to an aromatic ring is 1. The summed E-state index contributed by atoms with van der Waals surface area (Å²) in [5, 5.41) is 22.8. The molecule has 1 aliphatic heterocycles. The van der Waals surface area contributed by atoms with Crippen molar-refractivity contribution in [2.75, 3.05) is 13.1 Å². The molecule has 3 aromatic rings. The molecule has 2 heterocycles. The average molecular weight is 534 g/mol. The predicted molar refractivity (Wildman–Crippen MR) is 146 cm³/mol. The summed E-state index contributed by atoms with van der Waals surface area (Å²) < 4.78 is 0. The van der Waals surface area contributed by atoms with Gasteiger partial charge in [0.2, 0.25) is 11.8 Å². The van der Waals surface area contributed by atoms with Crippen LogP contribution in [0.25, 0.3) is 0 Å². The summed E-state index contributed by atoms with van der Waals surface area (Å²) in [7, 11) is 0. The molecule has 0 saturated carbocycles. The molecule has 2 atom stereocenters. The molecule has 1 aliphatic rings. The fourth-order valence-corrected chi connectivity index (χ4v) is 5.64. The van der Waals surface area contributed by atoms with E-state index in [0.29, 0.717) is 24.3 Å². The predicted octanol–water partition coefficient (Wildman–Crippen LogP) is 2.51. The fourth-order valence-electron chi connectivity index (χ4n) is 4.83. The number of carboxylic acid groups (broad SMARTS) is 1. The maximum absolute atomic E-state index is 14.1. The van der Waals surface area contributed by atoms with E-state index in [0.717, 1.165) is 16.0 Å². The highest BCUT2D eigenvalue weighted by molar-refractivity contribution is 7.14. The number of carbonyl (C=O) groups is 3. The molecular weight excluding hydrogens is 502 g/mol. The molecule has 10 heteroatoms. The number of amidine groups is 1. The third-order valence-corrected chi connectivity index (χ3v) is 7.71. The summed E-state index contributed by atoms with van der Waals surface area (Å²) in [4.78, 5) is 41.8. The van der Waals surface area contributed by atoms with Gasteiger partial charge in [0.15, 0.2) is 0 Å². The van der Waals surface area contributed by atoms with Crippen molar-refractivity contribution in [1.29, 1.82) is 5.41 Å². The van der Waals surface area contributed by atoms with Crippen molar-refractivity contribution in [3.63, 3.8) is 0 Å². The van der Waals surface area contributed by atoms with E-state index in [1.807, 2.05) is 66.7 Å². The van der Waals surface area contributed by atoms with Crippen molar-refractivity contribution in [3.8, 4) is 0 Å². The molecule has 2 unspecified atom stereocenters. The first-order valence-corrected chi connectivity index (χ1v) is 13.2. The maximum Gasteiger partial charge on any atom is 0.317 e. The molecule has 2 aromatic carbocycles. The summed E-state index contributed by atoms with van der Waals surface area (Å²) >= 11 is 1.34. The molecule has 0 spiro atoms. The lowest BCUT2D eigenvalue weighted by molar-refractivity contribution is -0.141. The van der Waals surface area contributed by atoms with Gasteiger partial charge in [-0.3, -0.25) is 25.1 Å². The number of hydrogen-bond acceptors (Lipinski definition) is 6. The van der Waals surface area contributed by atoms with E-state index in [9.17, 15) is 19.5 Å². The first kappa shape index (κ1) is 27.0. The van der Waals surface area contributed by atoms with Gasteiger partial charge in [0, 0.05) is 17.3 Å². The lowest BCUT2D eigenvalue weighted by atomic mass is 9.84. The highest BCUT2D eigenvalue weighted by Crippen LogP contribution is 2.31. The van der Waals surface area contributed by atoms with Crippen LogP contribution >= 0.6 is 11.3 Å².